The summed E-state index contributed by atoms with van der Waals surface area (Å²) in [6.07, 6.45) is 2.33. The second-order valence-electron chi connectivity index (χ2n) is 6.11. The van der Waals surface area contributed by atoms with Crippen molar-refractivity contribution in [3.63, 3.8) is 0 Å². The van der Waals surface area contributed by atoms with E-state index in [-0.39, 0.29) is 12.6 Å². The van der Waals surface area contributed by atoms with Gasteiger partial charge in [-0.05, 0) is 31.0 Å². The Morgan fingerprint density at radius 2 is 2.15 bits per heavy atom. The van der Waals surface area contributed by atoms with Crippen molar-refractivity contribution < 1.29 is 19.0 Å². The number of rotatable bonds is 7. The number of hydrogen-bond donors (Lipinski definition) is 1. The first kappa shape index (κ1) is 18.8. The molecule has 0 aliphatic carbocycles. The lowest BCUT2D eigenvalue weighted by Gasteiger charge is -2.33. The van der Waals surface area contributed by atoms with Crippen molar-refractivity contribution in [2.75, 3.05) is 25.6 Å². The number of benzene rings is 1. The van der Waals surface area contributed by atoms with Crippen LogP contribution in [0, 0.1) is 5.92 Å². The van der Waals surface area contributed by atoms with Crippen LogP contribution >= 0.6 is 0 Å². The monoisotopic (exact) mass is 372 g/mol. The largest absolute Gasteiger partial charge is 0.493 e. The highest BCUT2D eigenvalue weighted by molar-refractivity contribution is 5.79. The van der Waals surface area contributed by atoms with Gasteiger partial charge < -0.3 is 19.5 Å². The lowest BCUT2D eigenvalue weighted by molar-refractivity contribution is -0.147. The Bertz CT molecular complexity index is 833. The minimum atomic E-state index is -0.647. The van der Waals surface area contributed by atoms with E-state index in [2.05, 4.69) is 22.0 Å². The molecule has 1 aliphatic heterocycles. The summed E-state index contributed by atoms with van der Waals surface area (Å²) >= 11 is 0. The van der Waals surface area contributed by atoms with Gasteiger partial charge in [0.25, 0.3) is 0 Å². The lowest BCUT2D eigenvalue weighted by Crippen LogP contribution is -2.37. The van der Waals surface area contributed by atoms with Crippen LogP contribution in [0.5, 0.6) is 11.5 Å². The van der Waals surface area contributed by atoms with Crippen molar-refractivity contribution in [1.82, 2.24) is 14.8 Å². The third-order valence-electron chi connectivity index (χ3n) is 4.33. The second-order valence-corrected chi connectivity index (χ2v) is 6.11. The highest BCUT2D eigenvalue weighted by atomic mass is 16.5. The third-order valence-corrected chi connectivity index (χ3v) is 4.33. The molecule has 0 bridgehead atoms. The Hall–Kier alpha value is -3.03. The van der Waals surface area contributed by atoms with Crippen molar-refractivity contribution in [2.45, 2.75) is 26.3 Å². The number of hydrogen-bond acceptors (Lipinski definition) is 7. The molecule has 1 aliphatic rings. The Kier molecular flexibility index (Phi) is 5.63. The van der Waals surface area contributed by atoms with E-state index in [1.165, 1.54) is 6.33 Å². The van der Waals surface area contributed by atoms with Gasteiger partial charge >= 0.3 is 5.97 Å². The van der Waals surface area contributed by atoms with E-state index in [4.69, 9.17) is 14.2 Å². The maximum Gasteiger partial charge on any atom is 0.317 e. The van der Waals surface area contributed by atoms with Crippen LogP contribution in [0.4, 0.5) is 5.95 Å². The van der Waals surface area contributed by atoms with E-state index in [0.29, 0.717) is 29.8 Å². The lowest BCUT2D eigenvalue weighted by atomic mass is 9.89. The van der Waals surface area contributed by atoms with Crippen molar-refractivity contribution in [3.05, 3.63) is 42.4 Å². The summed E-state index contributed by atoms with van der Waals surface area (Å²) in [4.78, 5) is 16.8. The second kappa shape index (κ2) is 8.11. The van der Waals surface area contributed by atoms with Crippen LogP contribution < -0.4 is 14.8 Å². The number of anilines is 1. The first-order valence-electron chi connectivity index (χ1n) is 8.93. The van der Waals surface area contributed by atoms with Crippen LogP contribution in [0.15, 0.2) is 36.8 Å². The number of nitrogens with zero attached hydrogens (tertiary/aromatic N) is 3. The quantitative estimate of drug-likeness (QED) is 0.748. The number of aromatic nitrogens is 3. The van der Waals surface area contributed by atoms with E-state index in [0.717, 1.165) is 12.0 Å². The number of esters is 1. The van der Waals surface area contributed by atoms with E-state index >= 15 is 0 Å². The average Bonchev–Trinajstić information content (AvgIpc) is 3.13. The van der Waals surface area contributed by atoms with E-state index < -0.39 is 12.0 Å². The third kappa shape index (κ3) is 3.60. The fraction of sp³-hybridized carbons (Fsp3) is 0.421. The number of nitrogens with one attached hydrogen (secondary N) is 1. The Balaban J connectivity index is 2.05. The molecule has 0 radical (unpaired) electrons. The number of methoxy groups -OCH3 is 1. The zero-order chi connectivity index (χ0) is 19.4. The Morgan fingerprint density at radius 1 is 1.33 bits per heavy atom. The molecular weight excluding hydrogens is 348 g/mol. The van der Waals surface area contributed by atoms with Gasteiger partial charge in [-0.3, -0.25) is 4.79 Å². The molecule has 2 atom stereocenters. The average molecular weight is 372 g/mol. The summed E-state index contributed by atoms with van der Waals surface area (Å²) in [5.41, 5.74) is 1.34. The number of carbonyl (C=O) groups excluding carboxylic acids is 1. The minimum Gasteiger partial charge on any atom is -0.493 e. The van der Waals surface area contributed by atoms with Crippen molar-refractivity contribution >= 4 is 11.9 Å². The van der Waals surface area contributed by atoms with Gasteiger partial charge in [0.2, 0.25) is 5.95 Å². The molecule has 0 saturated carbocycles. The van der Waals surface area contributed by atoms with Gasteiger partial charge in [-0.1, -0.05) is 19.6 Å². The molecule has 8 nitrogen and oxygen atoms in total. The molecule has 1 aromatic carbocycles. The number of carbonyl (C=O) groups is 1. The van der Waals surface area contributed by atoms with Crippen LogP contribution in [0.25, 0.3) is 0 Å². The molecule has 27 heavy (non-hydrogen) atoms. The van der Waals surface area contributed by atoms with Gasteiger partial charge in [0.1, 0.15) is 12.2 Å². The summed E-state index contributed by atoms with van der Waals surface area (Å²) < 4.78 is 18.2. The van der Waals surface area contributed by atoms with Crippen LogP contribution in [0.2, 0.25) is 0 Å². The van der Waals surface area contributed by atoms with Crippen LogP contribution in [-0.4, -0.2) is 41.1 Å². The predicted molar refractivity (Wildman–Crippen MR) is 99.8 cm³/mol. The molecule has 144 valence electrons. The normalized spacial score (nSPS) is 18.4. The summed E-state index contributed by atoms with van der Waals surface area (Å²) in [6, 6.07) is 5.14. The first-order chi connectivity index (χ1) is 13.1. The van der Waals surface area contributed by atoms with Gasteiger partial charge in [-0.15, -0.1) is 0 Å². The van der Waals surface area contributed by atoms with Gasteiger partial charge in [0.05, 0.1) is 26.4 Å². The number of fused-ring (bicyclic) bond motifs is 1. The van der Waals surface area contributed by atoms with Crippen LogP contribution in [0.3, 0.4) is 0 Å². The minimum absolute atomic E-state index is 0.284. The van der Waals surface area contributed by atoms with Gasteiger partial charge in [-0.25, -0.2) is 4.68 Å². The molecule has 0 spiro atoms. The van der Waals surface area contributed by atoms with Crippen LogP contribution in [0.1, 0.15) is 31.9 Å². The first-order valence-corrected chi connectivity index (χ1v) is 8.93. The van der Waals surface area contributed by atoms with E-state index in [1.807, 2.05) is 25.1 Å². The zero-order valence-electron chi connectivity index (χ0n) is 15.8. The van der Waals surface area contributed by atoms with Crippen molar-refractivity contribution in [2.24, 2.45) is 5.92 Å². The summed E-state index contributed by atoms with van der Waals surface area (Å²) in [7, 11) is 1.59. The van der Waals surface area contributed by atoms with Crippen molar-refractivity contribution in [1.29, 1.82) is 0 Å². The smallest absolute Gasteiger partial charge is 0.317 e. The molecule has 0 fully saturated rings. The highest BCUT2D eigenvalue weighted by Gasteiger charge is 2.40. The fourth-order valence-electron chi connectivity index (χ4n) is 3.13. The van der Waals surface area contributed by atoms with Gasteiger partial charge in [-0.2, -0.15) is 10.1 Å². The summed E-state index contributed by atoms with van der Waals surface area (Å²) in [5.74, 6) is 0.755. The molecule has 8 heteroatoms. The molecule has 1 N–H and O–H groups in total. The molecular formula is C19H24N4O4. The summed E-state index contributed by atoms with van der Waals surface area (Å²) in [6.45, 7) is 8.70. The van der Waals surface area contributed by atoms with Crippen molar-refractivity contribution in [3.8, 4) is 11.5 Å². The molecule has 2 heterocycles. The fourth-order valence-corrected chi connectivity index (χ4v) is 3.13. The highest BCUT2D eigenvalue weighted by Crippen LogP contribution is 2.40. The molecule has 2 aromatic rings. The Morgan fingerprint density at radius 3 is 2.85 bits per heavy atom. The number of ether oxygens (including phenoxy) is 3. The Labute approximate surface area is 158 Å². The van der Waals surface area contributed by atoms with Crippen LogP contribution in [-0.2, 0) is 9.53 Å². The molecule has 2 unspecified atom stereocenters. The van der Waals surface area contributed by atoms with E-state index in [1.54, 1.807) is 18.7 Å². The van der Waals surface area contributed by atoms with E-state index in [9.17, 15) is 4.79 Å². The SMILES string of the molecule is C=C1Nc2ncnn2C(c2ccc(OCCC)c(OC)c2)C1C(=O)OCC. The van der Waals surface area contributed by atoms with Gasteiger partial charge in [0.15, 0.2) is 11.5 Å². The molecule has 1 aromatic heterocycles. The predicted octanol–water partition coefficient (Wildman–Crippen LogP) is 2.78. The molecule has 3 rings (SSSR count). The molecule has 0 amide bonds. The topological polar surface area (TPSA) is 87.5 Å². The standard InChI is InChI=1S/C19H24N4O4/c1-5-9-27-14-8-7-13(10-15(14)25-4)17-16(18(24)26-6-2)12(3)22-19-20-11-21-23(17)19/h7-8,10-11,16-17H,3,5-6,9H2,1-2,4H3,(H,20,21,22). The maximum absolute atomic E-state index is 12.6. The summed E-state index contributed by atoms with van der Waals surface area (Å²) in [5, 5.41) is 7.33. The zero-order valence-corrected chi connectivity index (χ0v) is 15.8. The maximum atomic E-state index is 12.6. The molecule has 0 saturated heterocycles. The van der Waals surface area contributed by atoms with Gasteiger partial charge in [0, 0.05) is 5.70 Å².